The van der Waals surface area contributed by atoms with E-state index in [1.54, 1.807) is 0 Å². The first-order valence-corrected chi connectivity index (χ1v) is 5.97. The Morgan fingerprint density at radius 3 is 2.39 bits per heavy atom. The van der Waals surface area contributed by atoms with Gasteiger partial charge in [0.2, 0.25) is 0 Å². The van der Waals surface area contributed by atoms with Crippen LogP contribution in [0.25, 0.3) is 0 Å². The third-order valence-electron chi connectivity index (χ3n) is 2.62. The van der Waals surface area contributed by atoms with E-state index in [0.717, 1.165) is 13.0 Å². The summed E-state index contributed by atoms with van der Waals surface area (Å²) in [4.78, 5) is 2.02. The molecule has 0 amide bonds. The molecule has 1 aromatic rings. The zero-order chi connectivity index (χ0) is 13.4. The molecule has 0 saturated heterocycles. The largest absolute Gasteiger partial charge is 0.401 e. The summed E-state index contributed by atoms with van der Waals surface area (Å²) in [5.74, 6) is 0. The van der Waals surface area contributed by atoms with Crippen molar-refractivity contribution in [1.82, 2.24) is 10.2 Å². The highest BCUT2D eigenvalue weighted by Gasteiger charge is 2.25. The van der Waals surface area contributed by atoms with Crippen LogP contribution in [0.3, 0.4) is 0 Å². The summed E-state index contributed by atoms with van der Waals surface area (Å²) in [5, 5.41) is 2.39. The summed E-state index contributed by atoms with van der Waals surface area (Å²) in [7, 11) is 1.91. The Morgan fingerprint density at radius 1 is 1.11 bits per heavy atom. The van der Waals surface area contributed by atoms with Gasteiger partial charge in [0.05, 0.1) is 6.54 Å². The summed E-state index contributed by atoms with van der Waals surface area (Å²) >= 11 is 0. The summed E-state index contributed by atoms with van der Waals surface area (Å²) < 4.78 is 35.6. The predicted octanol–water partition coefficient (Wildman–Crippen LogP) is 2.31. The van der Waals surface area contributed by atoms with Crippen molar-refractivity contribution in [2.24, 2.45) is 0 Å². The smallest absolute Gasteiger partial charge is 0.307 e. The number of likely N-dealkylation sites (N-methyl/N-ethyl adjacent to an activating group) is 1. The van der Waals surface area contributed by atoms with Gasteiger partial charge in [0, 0.05) is 19.6 Å². The van der Waals surface area contributed by atoms with Gasteiger partial charge in [-0.05, 0) is 19.0 Å². The molecule has 0 saturated carbocycles. The molecule has 2 nitrogen and oxygen atoms in total. The average molecular weight is 260 g/mol. The van der Waals surface area contributed by atoms with Crippen LogP contribution < -0.4 is 5.32 Å². The number of benzene rings is 1. The maximum Gasteiger partial charge on any atom is 0.401 e. The Labute approximate surface area is 106 Å². The van der Waals surface area contributed by atoms with Crippen LogP contribution in [-0.2, 0) is 6.42 Å². The summed E-state index contributed by atoms with van der Waals surface area (Å²) in [6, 6.07) is 10.0. The standard InChI is InChI=1S/C13H19F3N2/c1-18(10-8-17-11-13(14,15)16)9-7-12-5-3-2-4-6-12/h2-6,17H,7-11H2,1H3. The summed E-state index contributed by atoms with van der Waals surface area (Å²) in [5.41, 5.74) is 1.24. The van der Waals surface area contributed by atoms with Gasteiger partial charge >= 0.3 is 6.18 Å². The lowest BCUT2D eigenvalue weighted by Crippen LogP contribution is -2.35. The molecule has 1 aromatic carbocycles. The van der Waals surface area contributed by atoms with Crippen LogP contribution in [0.15, 0.2) is 30.3 Å². The molecule has 0 aromatic heterocycles. The Hall–Kier alpha value is -1.07. The minimum atomic E-state index is -4.12. The van der Waals surface area contributed by atoms with Gasteiger partial charge in [-0.1, -0.05) is 30.3 Å². The van der Waals surface area contributed by atoms with Gasteiger partial charge < -0.3 is 10.2 Å². The lowest BCUT2D eigenvalue weighted by Gasteiger charge is -2.17. The SMILES string of the molecule is CN(CCNCC(F)(F)F)CCc1ccccc1. The fourth-order valence-electron chi connectivity index (χ4n) is 1.58. The van der Waals surface area contributed by atoms with E-state index in [2.05, 4.69) is 17.4 Å². The van der Waals surface area contributed by atoms with Gasteiger partial charge in [0.25, 0.3) is 0 Å². The number of hydrogen-bond donors (Lipinski definition) is 1. The van der Waals surface area contributed by atoms with Crippen LogP contribution in [0, 0.1) is 0 Å². The molecule has 1 N–H and O–H groups in total. The second kappa shape index (κ2) is 7.38. The molecule has 5 heteroatoms. The van der Waals surface area contributed by atoms with Crippen LogP contribution in [0.5, 0.6) is 0 Å². The number of hydrogen-bond acceptors (Lipinski definition) is 2. The highest BCUT2D eigenvalue weighted by Crippen LogP contribution is 2.11. The van der Waals surface area contributed by atoms with Crippen molar-refractivity contribution in [3.63, 3.8) is 0 Å². The third-order valence-corrected chi connectivity index (χ3v) is 2.62. The van der Waals surface area contributed by atoms with Gasteiger partial charge in [-0.15, -0.1) is 0 Å². The Kier molecular flexibility index (Phi) is 6.15. The lowest BCUT2D eigenvalue weighted by molar-refractivity contribution is -0.124. The monoisotopic (exact) mass is 260 g/mol. The topological polar surface area (TPSA) is 15.3 Å². The van der Waals surface area contributed by atoms with Crippen molar-refractivity contribution in [3.05, 3.63) is 35.9 Å². The highest BCUT2D eigenvalue weighted by atomic mass is 19.4. The minimum Gasteiger partial charge on any atom is -0.307 e. The van der Waals surface area contributed by atoms with E-state index in [0.29, 0.717) is 13.1 Å². The van der Waals surface area contributed by atoms with Crippen molar-refractivity contribution in [2.45, 2.75) is 12.6 Å². The molecular formula is C13H19F3N2. The van der Waals surface area contributed by atoms with Crippen molar-refractivity contribution in [3.8, 4) is 0 Å². The molecule has 0 atom stereocenters. The molecule has 0 aliphatic carbocycles. The second-order valence-corrected chi connectivity index (χ2v) is 4.33. The first-order chi connectivity index (χ1) is 8.47. The van der Waals surface area contributed by atoms with Crippen LogP contribution in [-0.4, -0.2) is 44.3 Å². The van der Waals surface area contributed by atoms with Gasteiger partial charge in [0.1, 0.15) is 0 Å². The van der Waals surface area contributed by atoms with Gasteiger partial charge in [-0.3, -0.25) is 0 Å². The van der Waals surface area contributed by atoms with Crippen LogP contribution in [0.4, 0.5) is 13.2 Å². The Morgan fingerprint density at radius 2 is 1.78 bits per heavy atom. The highest BCUT2D eigenvalue weighted by molar-refractivity contribution is 5.14. The maximum absolute atomic E-state index is 11.9. The molecule has 0 unspecified atom stereocenters. The minimum absolute atomic E-state index is 0.352. The van der Waals surface area contributed by atoms with Crippen molar-refractivity contribution >= 4 is 0 Å². The van der Waals surface area contributed by atoms with Crippen LogP contribution in [0.2, 0.25) is 0 Å². The van der Waals surface area contributed by atoms with E-state index in [1.165, 1.54) is 5.56 Å². The van der Waals surface area contributed by atoms with E-state index < -0.39 is 12.7 Å². The van der Waals surface area contributed by atoms with E-state index in [-0.39, 0.29) is 0 Å². The number of nitrogens with one attached hydrogen (secondary N) is 1. The average Bonchev–Trinajstić information content (AvgIpc) is 2.32. The molecular weight excluding hydrogens is 241 g/mol. The maximum atomic E-state index is 11.9. The quantitative estimate of drug-likeness (QED) is 0.757. The predicted molar refractivity (Wildman–Crippen MR) is 66.6 cm³/mol. The zero-order valence-electron chi connectivity index (χ0n) is 10.5. The second-order valence-electron chi connectivity index (χ2n) is 4.33. The van der Waals surface area contributed by atoms with Crippen molar-refractivity contribution < 1.29 is 13.2 Å². The van der Waals surface area contributed by atoms with Gasteiger partial charge in [-0.25, -0.2) is 0 Å². The lowest BCUT2D eigenvalue weighted by atomic mass is 10.1. The number of halogens is 3. The third kappa shape index (κ3) is 7.29. The van der Waals surface area contributed by atoms with Gasteiger partial charge in [-0.2, -0.15) is 13.2 Å². The molecule has 1 rings (SSSR count). The first kappa shape index (κ1) is 15.0. The fraction of sp³-hybridized carbons (Fsp3) is 0.538. The molecule has 0 bridgehead atoms. The van der Waals surface area contributed by atoms with Crippen molar-refractivity contribution in [1.29, 1.82) is 0 Å². The molecule has 0 radical (unpaired) electrons. The fourth-order valence-corrected chi connectivity index (χ4v) is 1.58. The molecule has 0 aliphatic rings. The van der Waals surface area contributed by atoms with Crippen molar-refractivity contribution in [2.75, 3.05) is 33.2 Å². The van der Waals surface area contributed by atoms with E-state index in [1.807, 2.05) is 30.1 Å². The summed E-state index contributed by atoms with van der Waals surface area (Å²) in [6.45, 7) is 0.894. The van der Waals surface area contributed by atoms with E-state index in [4.69, 9.17) is 0 Å². The number of nitrogens with zero attached hydrogens (tertiary/aromatic N) is 1. The number of alkyl halides is 3. The summed E-state index contributed by atoms with van der Waals surface area (Å²) in [6.07, 6.45) is -3.21. The normalized spacial score (nSPS) is 12.1. The Balaban J connectivity index is 2.09. The number of rotatable bonds is 7. The van der Waals surface area contributed by atoms with E-state index >= 15 is 0 Å². The molecule has 0 heterocycles. The molecule has 18 heavy (non-hydrogen) atoms. The zero-order valence-corrected chi connectivity index (χ0v) is 10.5. The van der Waals surface area contributed by atoms with Crippen LogP contribution in [0.1, 0.15) is 5.56 Å². The molecule has 0 spiro atoms. The molecule has 0 fully saturated rings. The van der Waals surface area contributed by atoms with Gasteiger partial charge in [0.15, 0.2) is 0 Å². The molecule has 102 valence electrons. The molecule has 0 aliphatic heterocycles. The Bertz CT molecular complexity index is 325. The first-order valence-electron chi connectivity index (χ1n) is 5.97. The van der Waals surface area contributed by atoms with Crippen LogP contribution >= 0.6 is 0 Å². The van der Waals surface area contributed by atoms with E-state index in [9.17, 15) is 13.2 Å².